The van der Waals surface area contributed by atoms with Gasteiger partial charge >= 0.3 is 0 Å². The molecule has 1 aliphatic rings. The van der Waals surface area contributed by atoms with Crippen molar-refractivity contribution in [1.82, 2.24) is 5.32 Å². The van der Waals surface area contributed by atoms with Gasteiger partial charge in [0.15, 0.2) is 9.84 Å². The second kappa shape index (κ2) is 4.55. The van der Waals surface area contributed by atoms with Gasteiger partial charge in [0.25, 0.3) is 0 Å². The van der Waals surface area contributed by atoms with Crippen LogP contribution in [0.5, 0.6) is 5.75 Å². The lowest BCUT2D eigenvalue weighted by Gasteiger charge is -2.26. The molecule has 0 aliphatic carbocycles. The summed E-state index contributed by atoms with van der Waals surface area (Å²) in [4.78, 5) is 0.262. The standard InChI is InChI=1S/C13H19NO3S/c1-13(7-4-8-14-13)10-5-6-11(17-2)12(9-10)18(3,15)16/h5-6,9,14H,4,7-8H2,1-3H3. The Balaban J connectivity index is 2.53. The predicted octanol–water partition coefficient (Wildman–Crippen LogP) is 1.70. The van der Waals surface area contributed by atoms with E-state index in [9.17, 15) is 8.42 Å². The zero-order valence-electron chi connectivity index (χ0n) is 11.0. The average Bonchev–Trinajstić information content (AvgIpc) is 2.75. The maximum atomic E-state index is 11.8. The number of nitrogens with one attached hydrogen (secondary N) is 1. The Labute approximate surface area is 108 Å². The van der Waals surface area contributed by atoms with Crippen molar-refractivity contribution in [2.75, 3.05) is 19.9 Å². The van der Waals surface area contributed by atoms with Crippen LogP contribution in [0.2, 0.25) is 0 Å². The first-order chi connectivity index (χ1) is 8.37. The summed E-state index contributed by atoms with van der Waals surface area (Å²) in [6, 6.07) is 5.40. The summed E-state index contributed by atoms with van der Waals surface area (Å²) >= 11 is 0. The second-order valence-electron chi connectivity index (χ2n) is 5.00. The molecule has 1 aromatic rings. The van der Waals surface area contributed by atoms with Gasteiger partial charge in [-0.15, -0.1) is 0 Å². The van der Waals surface area contributed by atoms with E-state index in [1.54, 1.807) is 12.1 Å². The van der Waals surface area contributed by atoms with Crippen molar-refractivity contribution >= 4 is 9.84 Å². The molecular weight excluding hydrogens is 250 g/mol. The summed E-state index contributed by atoms with van der Waals surface area (Å²) in [6.07, 6.45) is 3.33. The zero-order chi connectivity index (χ0) is 13.4. The molecule has 5 heteroatoms. The van der Waals surface area contributed by atoms with Crippen molar-refractivity contribution in [3.05, 3.63) is 23.8 Å². The Hall–Kier alpha value is -1.07. The molecule has 100 valence electrons. The van der Waals surface area contributed by atoms with Gasteiger partial charge in [0.2, 0.25) is 0 Å². The topological polar surface area (TPSA) is 55.4 Å². The molecule has 0 radical (unpaired) electrons. The molecule has 2 rings (SSSR count). The van der Waals surface area contributed by atoms with Crippen LogP contribution >= 0.6 is 0 Å². The van der Waals surface area contributed by atoms with E-state index in [-0.39, 0.29) is 10.4 Å². The molecule has 0 amide bonds. The summed E-state index contributed by atoms with van der Waals surface area (Å²) in [6.45, 7) is 3.07. The largest absolute Gasteiger partial charge is 0.495 e. The normalized spacial score (nSPS) is 24.2. The third-order valence-electron chi connectivity index (χ3n) is 3.57. The fraction of sp³-hybridized carbons (Fsp3) is 0.538. The molecule has 1 N–H and O–H groups in total. The van der Waals surface area contributed by atoms with Gasteiger partial charge in [0, 0.05) is 11.8 Å². The van der Waals surface area contributed by atoms with Crippen LogP contribution in [0.15, 0.2) is 23.1 Å². The van der Waals surface area contributed by atoms with Crippen LogP contribution in [-0.2, 0) is 15.4 Å². The van der Waals surface area contributed by atoms with Crippen LogP contribution in [0.4, 0.5) is 0 Å². The number of hydrogen-bond donors (Lipinski definition) is 1. The molecule has 1 atom stereocenters. The van der Waals surface area contributed by atoms with E-state index in [1.807, 2.05) is 6.07 Å². The molecule has 18 heavy (non-hydrogen) atoms. The third-order valence-corrected chi connectivity index (χ3v) is 4.69. The lowest BCUT2D eigenvalue weighted by molar-refractivity contribution is 0.398. The number of hydrogen-bond acceptors (Lipinski definition) is 4. The highest BCUT2D eigenvalue weighted by Crippen LogP contribution is 2.34. The predicted molar refractivity (Wildman–Crippen MR) is 70.7 cm³/mol. The van der Waals surface area contributed by atoms with Crippen LogP contribution in [0.1, 0.15) is 25.3 Å². The van der Waals surface area contributed by atoms with Crippen LogP contribution in [0.25, 0.3) is 0 Å². The minimum absolute atomic E-state index is 0.133. The minimum Gasteiger partial charge on any atom is -0.495 e. The molecule has 0 aromatic heterocycles. The highest BCUT2D eigenvalue weighted by atomic mass is 32.2. The Bertz CT molecular complexity index is 545. The van der Waals surface area contributed by atoms with Crippen molar-refractivity contribution in [1.29, 1.82) is 0 Å². The number of benzene rings is 1. The first-order valence-corrected chi connectivity index (χ1v) is 7.89. The van der Waals surface area contributed by atoms with E-state index < -0.39 is 9.84 Å². The highest BCUT2D eigenvalue weighted by molar-refractivity contribution is 7.90. The van der Waals surface area contributed by atoms with E-state index in [4.69, 9.17) is 4.74 Å². The molecule has 0 spiro atoms. The number of rotatable bonds is 3. The molecule has 0 saturated carbocycles. The van der Waals surface area contributed by atoms with Crippen molar-refractivity contribution in [2.24, 2.45) is 0 Å². The summed E-state index contributed by atoms with van der Waals surface area (Å²) in [5.74, 6) is 0.405. The summed E-state index contributed by atoms with van der Waals surface area (Å²) in [5, 5.41) is 3.43. The van der Waals surface area contributed by atoms with Gasteiger partial charge in [-0.25, -0.2) is 8.42 Å². The second-order valence-corrected chi connectivity index (χ2v) is 6.98. The van der Waals surface area contributed by atoms with E-state index in [1.165, 1.54) is 13.4 Å². The van der Waals surface area contributed by atoms with Crippen molar-refractivity contribution in [3.8, 4) is 5.75 Å². The van der Waals surface area contributed by atoms with E-state index in [0.29, 0.717) is 5.75 Å². The molecule has 0 bridgehead atoms. The summed E-state index contributed by atoms with van der Waals surface area (Å²) in [7, 11) is -1.79. The number of methoxy groups -OCH3 is 1. The van der Waals surface area contributed by atoms with E-state index in [0.717, 1.165) is 24.9 Å². The summed E-state index contributed by atoms with van der Waals surface area (Å²) < 4.78 is 28.7. The molecule has 1 aliphatic heterocycles. The molecule has 1 saturated heterocycles. The Morgan fingerprint density at radius 3 is 2.61 bits per heavy atom. The van der Waals surface area contributed by atoms with Gasteiger partial charge in [0.05, 0.1) is 7.11 Å². The average molecular weight is 269 g/mol. The van der Waals surface area contributed by atoms with E-state index in [2.05, 4.69) is 12.2 Å². The lowest BCUT2D eigenvalue weighted by atomic mass is 9.90. The van der Waals surface area contributed by atoms with Crippen LogP contribution in [-0.4, -0.2) is 28.3 Å². The quantitative estimate of drug-likeness (QED) is 0.907. The lowest BCUT2D eigenvalue weighted by Crippen LogP contribution is -2.33. The molecule has 4 nitrogen and oxygen atoms in total. The SMILES string of the molecule is COc1ccc(C2(C)CCCN2)cc1S(C)(=O)=O. The van der Waals surface area contributed by atoms with Crippen LogP contribution < -0.4 is 10.1 Å². The zero-order valence-corrected chi connectivity index (χ0v) is 11.8. The maximum Gasteiger partial charge on any atom is 0.179 e. The van der Waals surface area contributed by atoms with Crippen molar-refractivity contribution in [3.63, 3.8) is 0 Å². The first-order valence-electron chi connectivity index (χ1n) is 6.00. The van der Waals surface area contributed by atoms with Gasteiger partial charge < -0.3 is 10.1 Å². The minimum atomic E-state index is -3.28. The van der Waals surface area contributed by atoms with Crippen molar-refractivity contribution < 1.29 is 13.2 Å². The molecule has 1 heterocycles. The molecule has 1 unspecified atom stereocenters. The number of sulfone groups is 1. The van der Waals surface area contributed by atoms with Crippen LogP contribution in [0.3, 0.4) is 0 Å². The third kappa shape index (κ3) is 2.37. The highest BCUT2D eigenvalue weighted by Gasteiger charge is 2.31. The molecule has 1 aromatic carbocycles. The van der Waals surface area contributed by atoms with Gasteiger partial charge in [-0.2, -0.15) is 0 Å². The van der Waals surface area contributed by atoms with Crippen molar-refractivity contribution in [2.45, 2.75) is 30.2 Å². The first kappa shape index (κ1) is 13.4. The van der Waals surface area contributed by atoms with Gasteiger partial charge in [-0.1, -0.05) is 6.07 Å². The monoisotopic (exact) mass is 269 g/mol. The Kier molecular flexibility index (Phi) is 3.38. The maximum absolute atomic E-state index is 11.8. The van der Waals surface area contributed by atoms with Gasteiger partial charge in [0.1, 0.15) is 10.6 Å². The Morgan fingerprint density at radius 1 is 1.39 bits per heavy atom. The van der Waals surface area contributed by atoms with Gasteiger partial charge in [-0.05, 0) is 44.0 Å². The smallest absolute Gasteiger partial charge is 0.179 e. The van der Waals surface area contributed by atoms with Crippen LogP contribution in [0, 0.1) is 0 Å². The summed E-state index contributed by atoms with van der Waals surface area (Å²) in [5.41, 5.74) is 0.868. The number of ether oxygens (including phenoxy) is 1. The molecular formula is C13H19NO3S. The fourth-order valence-electron chi connectivity index (χ4n) is 2.45. The molecule has 1 fully saturated rings. The fourth-order valence-corrected chi connectivity index (χ4v) is 3.31. The van der Waals surface area contributed by atoms with Gasteiger partial charge in [-0.3, -0.25) is 0 Å². The van der Waals surface area contributed by atoms with E-state index >= 15 is 0 Å². The Morgan fingerprint density at radius 2 is 2.11 bits per heavy atom.